The van der Waals surface area contributed by atoms with Gasteiger partial charge in [0.1, 0.15) is 0 Å². The first-order valence-corrected chi connectivity index (χ1v) is 6.50. The fourth-order valence-corrected chi connectivity index (χ4v) is 1.93. The van der Waals surface area contributed by atoms with Crippen LogP contribution in [0.3, 0.4) is 0 Å². The molecule has 20 heavy (non-hydrogen) atoms. The highest BCUT2D eigenvalue weighted by atomic mass is 35.5. The minimum absolute atomic E-state index is 0.303. The predicted molar refractivity (Wildman–Crippen MR) is 76.7 cm³/mol. The lowest BCUT2D eigenvalue weighted by molar-refractivity contribution is 0.181. The molecule has 0 unspecified atom stereocenters. The third-order valence-electron chi connectivity index (χ3n) is 2.87. The first-order chi connectivity index (χ1) is 9.65. The number of nitrogens with zero attached hydrogens (tertiary/aromatic N) is 2. The molecule has 6 heteroatoms. The maximum absolute atomic E-state index is 12.0. The Bertz CT molecular complexity index is 638. The molecule has 2 aromatic rings. The first-order valence-electron chi connectivity index (χ1n) is 6.12. The van der Waals surface area contributed by atoms with E-state index in [-0.39, 0.29) is 12.2 Å². The molecule has 0 amide bonds. The van der Waals surface area contributed by atoms with Gasteiger partial charge in [0.2, 0.25) is 0 Å². The van der Waals surface area contributed by atoms with E-state index in [0.717, 1.165) is 5.56 Å². The summed E-state index contributed by atoms with van der Waals surface area (Å²) < 4.78 is 6.26. The largest absolute Gasteiger partial charge is 0.391 e. The van der Waals surface area contributed by atoms with Crippen molar-refractivity contribution in [3.05, 3.63) is 51.3 Å². The molecule has 0 spiro atoms. The molecule has 0 aliphatic heterocycles. The second-order valence-electron chi connectivity index (χ2n) is 4.24. The molecule has 1 heterocycles. The van der Waals surface area contributed by atoms with Crippen molar-refractivity contribution in [3.8, 4) is 11.3 Å². The number of hydrogen-bond donors (Lipinski definition) is 1. The van der Waals surface area contributed by atoms with Crippen molar-refractivity contribution < 1.29 is 9.84 Å². The average molecular weight is 295 g/mol. The van der Waals surface area contributed by atoms with Gasteiger partial charge in [-0.15, -0.1) is 0 Å². The van der Waals surface area contributed by atoms with Gasteiger partial charge >= 0.3 is 0 Å². The fraction of sp³-hybridized carbons (Fsp3) is 0.286. The molecule has 1 aromatic carbocycles. The zero-order valence-corrected chi connectivity index (χ0v) is 11.8. The summed E-state index contributed by atoms with van der Waals surface area (Å²) in [7, 11) is 1.56. The highest BCUT2D eigenvalue weighted by Crippen LogP contribution is 2.19. The Kier molecular flexibility index (Phi) is 4.89. The number of methoxy groups -OCH3 is 1. The number of aliphatic hydroxyl groups excluding tert-OH is 1. The van der Waals surface area contributed by atoms with Gasteiger partial charge in [-0.25, -0.2) is 4.68 Å². The van der Waals surface area contributed by atoms with Crippen molar-refractivity contribution in [2.45, 2.75) is 13.2 Å². The fourth-order valence-electron chi connectivity index (χ4n) is 1.80. The molecule has 0 atom stereocenters. The molecular weight excluding hydrogens is 280 g/mol. The van der Waals surface area contributed by atoms with E-state index in [9.17, 15) is 9.90 Å². The van der Waals surface area contributed by atoms with E-state index in [4.69, 9.17) is 16.3 Å². The summed E-state index contributed by atoms with van der Waals surface area (Å²) in [6.45, 7) is 0.389. The lowest BCUT2D eigenvalue weighted by Gasteiger charge is -2.09. The summed E-state index contributed by atoms with van der Waals surface area (Å²) in [4.78, 5) is 12.0. The second kappa shape index (κ2) is 6.65. The molecular formula is C14H15ClN2O3. The molecule has 0 saturated heterocycles. The van der Waals surface area contributed by atoms with E-state index in [1.54, 1.807) is 25.3 Å². The molecule has 0 saturated carbocycles. The molecule has 5 nitrogen and oxygen atoms in total. The minimum atomic E-state index is -0.324. The van der Waals surface area contributed by atoms with Gasteiger partial charge in [-0.2, -0.15) is 5.10 Å². The van der Waals surface area contributed by atoms with Gasteiger partial charge in [-0.1, -0.05) is 23.7 Å². The van der Waals surface area contributed by atoms with Gasteiger partial charge in [0.25, 0.3) is 5.56 Å². The predicted octanol–water partition coefficient (Wildman–Crippen LogP) is 1.70. The van der Waals surface area contributed by atoms with Crippen LogP contribution in [0.4, 0.5) is 0 Å². The Morgan fingerprint density at radius 2 is 2.05 bits per heavy atom. The van der Waals surface area contributed by atoms with Gasteiger partial charge in [0.05, 0.1) is 25.5 Å². The highest BCUT2D eigenvalue weighted by molar-refractivity contribution is 6.30. The highest BCUT2D eigenvalue weighted by Gasteiger charge is 2.09. The number of hydrogen-bond acceptors (Lipinski definition) is 4. The minimum Gasteiger partial charge on any atom is -0.391 e. The van der Waals surface area contributed by atoms with Crippen LogP contribution < -0.4 is 5.56 Å². The summed E-state index contributed by atoms with van der Waals surface area (Å²) >= 11 is 5.85. The SMILES string of the molecule is COCCn1nc(-c2ccc(Cl)cc2)cc(CO)c1=O. The third-order valence-corrected chi connectivity index (χ3v) is 3.12. The second-order valence-corrected chi connectivity index (χ2v) is 4.68. The van der Waals surface area contributed by atoms with Crippen LogP contribution in [0, 0.1) is 0 Å². The monoisotopic (exact) mass is 294 g/mol. The van der Waals surface area contributed by atoms with Crippen LogP contribution in [0.1, 0.15) is 5.56 Å². The van der Waals surface area contributed by atoms with Gasteiger partial charge in [-0.05, 0) is 18.2 Å². The number of aliphatic hydroxyl groups is 1. The van der Waals surface area contributed by atoms with Crippen molar-refractivity contribution in [3.63, 3.8) is 0 Å². The molecule has 0 bridgehead atoms. The summed E-state index contributed by atoms with van der Waals surface area (Å²) in [5.41, 5.74) is 1.44. The Morgan fingerprint density at radius 1 is 1.35 bits per heavy atom. The van der Waals surface area contributed by atoms with E-state index in [2.05, 4.69) is 5.10 Å². The molecule has 1 N–H and O–H groups in total. The lowest BCUT2D eigenvalue weighted by Crippen LogP contribution is -2.28. The maximum atomic E-state index is 12.0. The summed E-state index contributed by atoms with van der Waals surface area (Å²) in [5.74, 6) is 0. The molecule has 2 rings (SSSR count). The van der Waals surface area contributed by atoms with E-state index >= 15 is 0 Å². The number of ether oxygens (including phenoxy) is 1. The van der Waals surface area contributed by atoms with Crippen LogP contribution in [-0.4, -0.2) is 28.6 Å². The summed E-state index contributed by atoms with van der Waals surface area (Å²) in [5, 5.41) is 14.2. The van der Waals surface area contributed by atoms with Gasteiger partial charge in [0, 0.05) is 23.3 Å². The van der Waals surface area contributed by atoms with Crippen molar-refractivity contribution in [1.29, 1.82) is 0 Å². The van der Waals surface area contributed by atoms with Crippen LogP contribution in [0.5, 0.6) is 0 Å². The van der Waals surface area contributed by atoms with Gasteiger partial charge < -0.3 is 9.84 Å². The number of benzene rings is 1. The van der Waals surface area contributed by atoms with E-state index in [0.29, 0.717) is 29.4 Å². The molecule has 0 fully saturated rings. The molecule has 106 valence electrons. The smallest absolute Gasteiger partial charge is 0.272 e. The summed E-state index contributed by atoms with van der Waals surface area (Å²) in [6.07, 6.45) is 0. The van der Waals surface area contributed by atoms with Gasteiger partial charge in [-0.3, -0.25) is 4.79 Å². The third kappa shape index (κ3) is 3.25. The van der Waals surface area contributed by atoms with E-state index < -0.39 is 0 Å². The topological polar surface area (TPSA) is 64.3 Å². The number of halogens is 1. The zero-order chi connectivity index (χ0) is 14.5. The van der Waals surface area contributed by atoms with Crippen LogP contribution in [0.2, 0.25) is 5.02 Å². The maximum Gasteiger partial charge on any atom is 0.272 e. The van der Waals surface area contributed by atoms with Crippen LogP contribution in [-0.2, 0) is 17.9 Å². The standard InChI is InChI=1S/C14H15ClN2O3/c1-20-7-6-17-14(19)11(9-18)8-13(16-17)10-2-4-12(15)5-3-10/h2-5,8,18H,6-7,9H2,1H3. The Morgan fingerprint density at radius 3 is 2.65 bits per heavy atom. The van der Waals surface area contributed by atoms with E-state index in [1.165, 1.54) is 4.68 Å². The Hall–Kier alpha value is -1.69. The normalized spacial score (nSPS) is 10.8. The van der Waals surface area contributed by atoms with E-state index in [1.807, 2.05) is 12.1 Å². The van der Waals surface area contributed by atoms with Crippen molar-refractivity contribution in [2.75, 3.05) is 13.7 Å². The zero-order valence-electron chi connectivity index (χ0n) is 11.0. The van der Waals surface area contributed by atoms with Crippen molar-refractivity contribution >= 4 is 11.6 Å². The molecule has 0 aliphatic carbocycles. The Balaban J connectivity index is 2.47. The van der Waals surface area contributed by atoms with Crippen LogP contribution >= 0.6 is 11.6 Å². The molecule has 0 aliphatic rings. The first kappa shape index (κ1) is 14.7. The quantitative estimate of drug-likeness (QED) is 0.912. The molecule has 1 aromatic heterocycles. The van der Waals surface area contributed by atoms with Crippen molar-refractivity contribution in [1.82, 2.24) is 9.78 Å². The summed E-state index contributed by atoms with van der Waals surface area (Å²) in [6, 6.07) is 8.73. The Labute approximate surface area is 121 Å². The van der Waals surface area contributed by atoms with Gasteiger partial charge in [0.15, 0.2) is 0 Å². The van der Waals surface area contributed by atoms with Crippen LogP contribution in [0.15, 0.2) is 35.1 Å². The number of aromatic nitrogens is 2. The molecule has 0 radical (unpaired) electrons. The van der Waals surface area contributed by atoms with Crippen LogP contribution in [0.25, 0.3) is 11.3 Å². The lowest BCUT2D eigenvalue weighted by atomic mass is 10.1. The average Bonchev–Trinajstić information content (AvgIpc) is 2.47. The number of rotatable bonds is 5. The van der Waals surface area contributed by atoms with Crippen molar-refractivity contribution in [2.24, 2.45) is 0 Å².